The molecule has 0 aliphatic heterocycles. The van der Waals surface area contributed by atoms with Crippen molar-refractivity contribution in [2.24, 2.45) is 0 Å². The number of pyridine rings is 1. The Hall–Kier alpha value is -2.32. The van der Waals surface area contributed by atoms with E-state index >= 15 is 0 Å². The van der Waals surface area contributed by atoms with Gasteiger partial charge in [-0.25, -0.2) is 4.39 Å². The molecule has 0 atom stereocenters. The molecule has 0 bridgehead atoms. The minimum atomic E-state index is -0.677. The average molecular weight is 332 g/mol. The van der Waals surface area contributed by atoms with Crippen LogP contribution >= 0.6 is 23.3 Å². The van der Waals surface area contributed by atoms with Crippen LogP contribution in [0.3, 0.4) is 0 Å². The van der Waals surface area contributed by atoms with Crippen LogP contribution in [0.2, 0.25) is 0 Å². The van der Waals surface area contributed by atoms with Crippen molar-refractivity contribution in [3.05, 3.63) is 60.2 Å². The van der Waals surface area contributed by atoms with Gasteiger partial charge in [-0.3, -0.25) is 15.1 Å². The van der Waals surface area contributed by atoms with Crippen molar-refractivity contribution >= 4 is 34.3 Å². The summed E-state index contributed by atoms with van der Waals surface area (Å²) in [5, 5.41) is 3.38. The van der Waals surface area contributed by atoms with E-state index in [0.717, 1.165) is 22.6 Å². The first-order valence-corrected chi connectivity index (χ1v) is 7.79. The van der Waals surface area contributed by atoms with E-state index < -0.39 is 11.7 Å². The third-order valence-electron chi connectivity index (χ3n) is 2.60. The second kappa shape index (κ2) is 6.63. The SMILES string of the molecule is O=C(Nc1nc(Sc2ccccc2)ns1)c1ccncc1F. The van der Waals surface area contributed by atoms with Crippen molar-refractivity contribution in [3.63, 3.8) is 0 Å². The molecule has 1 amide bonds. The zero-order chi connectivity index (χ0) is 15.4. The summed E-state index contributed by atoms with van der Waals surface area (Å²) in [4.78, 5) is 20.8. The lowest BCUT2D eigenvalue weighted by atomic mass is 10.2. The van der Waals surface area contributed by atoms with Crippen LogP contribution < -0.4 is 5.32 Å². The van der Waals surface area contributed by atoms with E-state index in [4.69, 9.17) is 0 Å². The van der Waals surface area contributed by atoms with Crippen LogP contribution in [-0.4, -0.2) is 20.2 Å². The van der Waals surface area contributed by atoms with Gasteiger partial charge in [0.1, 0.15) is 0 Å². The number of anilines is 1. The molecule has 1 aromatic carbocycles. The fourth-order valence-corrected chi connectivity index (χ4v) is 3.05. The smallest absolute Gasteiger partial charge is 0.260 e. The first kappa shape index (κ1) is 14.6. The van der Waals surface area contributed by atoms with Gasteiger partial charge in [0, 0.05) is 22.6 Å². The molecule has 5 nitrogen and oxygen atoms in total. The van der Waals surface area contributed by atoms with Gasteiger partial charge in [-0.2, -0.15) is 9.36 Å². The molecule has 0 saturated heterocycles. The molecule has 0 unspecified atom stereocenters. The van der Waals surface area contributed by atoms with Gasteiger partial charge in [0.15, 0.2) is 5.82 Å². The second-order valence-corrected chi connectivity index (χ2v) is 5.90. The summed E-state index contributed by atoms with van der Waals surface area (Å²) in [6, 6.07) is 11.0. The average Bonchev–Trinajstić information content (AvgIpc) is 2.95. The Morgan fingerprint density at radius 2 is 2.05 bits per heavy atom. The molecule has 2 heterocycles. The third kappa shape index (κ3) is 3.46. The van der Waals surface area contributed by atoms with Gasteiger partial charge in [-0.1, -0.05) is 18.2 Å². The van der Waals surface area contributed by atoms with Gasteiger partial charge in [0.25, 0.3) is 5.91 Å². The van der Waals surface area contributed by atoms with Crippen LogP contribution in [0.5, 0.6) is 0 Å². The fraction of sp³-hybridized carbons (Fsp3) is 0. The Morgan fingerprint density at radius 3 is 2.82 bits per heavy atom. The highest BCUT2D eigenvalue weighted by Gasteiger charge is 2.14. The fourth-order valence-electron chi connectivity index (χ4n) is 1.62. The van der Waals surface area contributed by atoms with Crippen LogP contribution in [0, 0.1) is 5.82 Å². The number of aromatic nitrogens is 3. The number of rotatable bonds is 4. The maximum Gasteiger partial charge on any atom is 0.260 e. The second-order valence-electron chi connectivity index (χ2n) is 4.11. The molecule has 0 radical (unpaired) electrons. The number of benzene rings is 1. The summed E-state index contributed by atoms with van der Waals surface area (Å²) >= 11 is 2.43. The lowest BCUT2D eigenvalue weighted by molar-refractivity contribution is 0.102. The predicted octanol–water partition coefficient (Wildman–Crippen LogP) is 3.48. The minimum Gasteiger partial charge on any atom is -0.296 e. The summed E-state index contributed by atoms with van der Waals surface area (Å²) in [5.41, 5.74) is -0.0811. The molecular weight excluding hydrogens is 323 g/mol. The zero-order valence-electron chi connectivity index (χ0n) is 11.1. The largest absolute Gasteiger partial charge is 0.296 e. The number of halogens is 1. The van der Waals surface area contributed by atoms with Gasteiger partial charge in [-0.05, 0) is 30.0 Å². The molecular formula is C14H9FN4OS2. The first-order valence-electron chi connectivity index (χ1n) is 6.20. The number of nitrogens with one attached hydrogen (secondary N) is 1. The van der Waals surface area contributed by atoms with Gasteiger partial charge < -0.3 is 0 Å². The van der Waals surface area contributed by atoms with Crippen LogP contribution in [0.15, 0.2) is 58.8 Å². The topological polar surface area (TPSA) is 67.8 Å². The molecule has 0 saturated carbocycles. The number of carbonyl (C=O) groups excluding carboxylic acids is 1. The maximum atomic E-state index is 13.5. The van der Waals surface area contributed by atoms with Gasteiger partial charge >= 0.3 is 0 Å². The highest BCUT2D eigenvalue weighted by atomic mass is 32.2. The zero-order valence-corrected chi connectivity index (χ0v) is 12.7. The van der Waals surface area contributed by atoms with E-state index in [-0.39, 0.29) is 5.56 Å². The number of hydrogen-bond acceptors (Lipinski definition) is 6. The van der Waals surface area contributed by atoms with Crippen molar-refractivity contribution in [2.45, 2.75) is 10.1 Å². The Balaban J connectivity index is 1.69. The van der Waals surface area contributed by atoms with Crippen LogP contribution in [0.1, 0.15) is 10.4 Å². The summed E-state index contributed by atoms with van der Waals surface area (Å²) in [6.07, 6.45) is 2.35. The van der Waals surface area contributed by atoms with Gasteiger partial charge in [-0.15, -0.1) is 0 Å². The number of carbonyl (C=O) groups is 1. The standard InChI is InChI=1S/C14H9FN4OS2/c15-11-8-16-7-6-10(11)12(20)17-13-18-14(19-22-13)21-9-4-2-1-3-5-9/h1-8H,(H,17,18,19,20). The summed E-state index contributed by atoms with van der Waals surface area (Å²) in [5.74, 6) is -1.25. The van der Waals surface area contributed by atoms with Crippen molar-refractivity contribution in [1.29, 1.82) is 0 Å². The van der Waals surface area contributed by atoms with E-state index in [2.05, 4.69) is 19.7 Å². The van der Waals surface area contributed by atoms with Gasteiger partial charge in [0.05, 0.1) is 11.8 Å². The summed E-state index contributed by atoms with van der Waals surface area (Å²) in [6.45, 7) is 0. The molecule has 0 aliphatic carbocycles. The Labute approximate surface area is 133 Å². The van der Waals surface area contributed by atoms with E-state index in [1.54, 1.807) is 0 Å². The highest BCUT2D eigenvalue weighted by molar-refractivity contribution is 7.99. The van der Waals surface area contributed by atoms with Crippen LogP contribution in [0.4, 0.5) is 9.52 Å². The third-order valence-corrected chi connectivity index (χ3v) is 4.22. The lowest BCUT2D eigenvalue weighted by Gasteiger charge is -2.01. The molecule has 110 valence electrons. The quantitative estimate of drug-likeness (QED) is 0.792. The van der Waals surface area contributed by atoms with Gasteiger partial charge in [0.2, 0.25) is 10.3 Å². The van der Waals surface area contributed by atoms with Crippen molar-refractivity contribution in [1.82, 2.24) is 14.3 Å². The molecule has 22 heavy (non-hydrogen) atoms. The van der Waals surface area contributed by atoms with Crippen LogP contribution in [-0.2, 0) is 0 Å². The molecule has 0 fully saturated rings. The highest BCUT2D eigenvalue weighted by Crippen LogP contribution is 2.27. The molecule has 3 aromatic rings. The van der Waals surface area contributed by atoms with E-state index in [1.807, 2.05) is 30.3 Å². The van der Waals surface area contributed by atoms with Crippen molar-refractivity contribution in [2.75, 3.05) is 5.32 Å². The Morgan fingerprint density at radius 1 is 1.23 bits per heavy atom. The molecule has 2 aromatic heterocycles. The molecule has 1 N–H and O–H groups in total. The van der Waals surface area contributed by atoms with Crippen molar-refractivity contribution < 1.29 is 9.18 Å². The van der Waals surface area contributed by atoms with Crippen molar-refractivity contribution in [3.8, 4) is 0 Å². The predicted molar refractivity (Wildman–Crippen MR) is 82.6 cm³/mol. The monoisotopic (exact) mass is 332 g/mol. The molecule has 8 heteroatoms. The lowest BCUT2D eigenvalue weighted by Crippen LogP contribution is -2.13. The minimum absolute atomic E-state index is 0.0811. The number of amides is 1. The molecule has 0 spiro atoms. The summed E-state index contributed by atoms with van der Waals surface area (Å²) in [7, 11) is 0. The van der Waals surface area contributed by atoms with Crippen LogP contribution in [0.25, 0.3) is 0 Å². The molecule has 3 rings (SSSR count). The van der Waals surface area contributed by atoms with E-state index in [9.17, 15) is 9.18 Å². The Kier molecular flexibility index (Phi) is 4.40. The first-order chi connectivity index (χ1) is 10.7. The van der Waals surface area contributed by atoms with E-state index in [0.29, 0.717) is 10.3 Å². The summed E-state index contributed by atoms with van der Waals surface area (Å²) < 4.78 is 17.6. The van der Waals surface area contributed by atoms with E-state index in [1.165, 1.54) is 24.0 Å². The maximum absolute atomic E-state index is 13.5. The number of hydrogen-bond donors (Lipinski definition) is 1. The Bertz CT molecular complexity index is 794. The number of nitrogens with zero attached hydrogens (tertiary/aromatic N) is 3. The normalized spacial score (nSPS) is 10.4. The molecule has 0 aliphatic rings.